The van der Waals surface area contributed by atoms with E-state index in [0.29, 0.717) is 47.7 Å². The summed E-state index contributed by atoms with van der Waals surface area (Å²) in [4.78, 5) is 74.4. The van der Waals surface area contributed by atoms with Crippen molar-refractivity contribution in [1.82, 2.24) is 10.6 Å². The molecule has 0 saturated heterocycles. The Labute approximate surface area is 554 Å². The Bertz CT molecular complexity index is 1600. The van der Waals surface area contributed by atoms with Crippen molar-refractivity contribution in [2.45, 2.75) is 348 Å². The SMILES string of the molecule is CCCCCCCCCCCC(=O)OCC(CNC(=O)C[N+](C)(C)C)OC(=O)CCCCCCCCCCC.CCCCCCCCCCCCCCCC(=O)OCC(CNC(=O)C[N+](C)(C)C)OC(=O)CCCCCCCCCCCCCCC.[Cl-].[Cl-]. The number of quaternary nitrogens is 2. The summed E-state index contributed by atoms with van der Waals surface area (Å²) < 4.78 is 23.2. The van der Waals surface area contributed by atoms with Crippen molar-refractivity contribution in [2.75, 3.05) is 81.7 Å². The summed E-state index contributed by atoms with van der Waals surface area (Å²) in [5, 5.41) is 5.69. The van der Waals surface area contributed by atoms with E-state index in [4.69, 9.17) is 18.9 Å². The van der Waals surface area contributed by atoms with E-state index in [1.165, 1.54) is 205 Å². The first kappa shape index (κ1) is 91.7. The van der Waals surface area contributed by atoms with Gasteiger partial charge in [0.25, 0.3) is 11.8 Å². The number of hydrogen-bond acceptors (Lipinski definition) is 10. The molecular formula is C72H142Cl2N4O10. The maximum Gasteiger partial charge on any atom is 0.306 e. The first-order chi connectivity index (χ1) is 41.3. The Balaban J connectivity index is -0.000000797. The summed E-state index contributed by atoms with van der Waals surface area (Å²) in [7, 11) is 11.7. The van der Waals surface area contributed by atoms with E-state index in [-0.39, 0.29) is 86.8 Å². The summed E-state index contributed by atoms with van der Waals surface area (Å²) in [6.07, 6.45) is 54.2. The van der Waals surface area contributed by atoms with Gasteiger partial charge in [0.1, 0.15) is 13.2 Å². The van der Waals surface area contributed by atoms with Gasteiger partial charge in [-0.05, 0) is 25.7 Å². The number of rotatable bonds is 62. The topological polar surface area (TPSA) is 163 Å². The second-order valence-corrected chi connectivity index (χ2v) is 27.2. The molecule has 2 amide bonds. The molecular weight excluding hydrogens is 1150 g/mol. The van der Waals surface area contributed by atoms with E-state index in [1.54, 1.807) is 0 Å². The Morgan fingerprint density at radius 1 is 0.284 bits per heavy atom. The van der Waals surface area contributed by atoms with Crippen LogP contribution in [0.2, 0.25) is 0 Å². The van der Waals surface area contributed by atoms with E-state index >= 15 is 0 Å². The van der Waals surface area contributed by atoms with Crippen LogP contribution in [-0.4, -0.2) is 139 Å². The molecule has 0 aromatic heterocycles. The third-order valence-corrected chi connectivity index (χ3v) is 15.7. The third-order valence-electron chi connectivity index (χ3n) is 15.7. The summed E-state index contributed by atoms with van der Waals surface area (Å²) >= 11 is 0. The van der Waals surface area contributed by atoms with Gasteiger partial charge < -0.3 is 63.4 Å². The molecule has 0 radical (unpaired) electrons. The van der Waals surface area contributed by atoms with Crippen LogP contribution in [0.4, 0.5) is 0 Å². The highest BCUT2D eigenvalue weighted by Gasteiger charge is 2.22. The molecule has 16 heteroatoms. The van der Waals surface area contributed by atoms with Gasteiger partial charge in [-0.1, -0.05) is 285 Å². The van der Waals surface area contributed by atoms with Crippen LogP contribution in [-0.2, 0) is 47.7 Å². The molecule has 0 aliphatic rings. The average molecular weight is 1290 g/mol. The zero-order chi connectivity index (χ0) is 64.0. The lowest BCUT2D eigenvalue weighted by atomic mass is 10.0. The fourth-order valence-electron chi connectivity index (χ4n) is 10.4. The van der Waals surface area contributed by atoms with Gasteiger partial charge in [0.05, 0.1) is 55.4 Å². The molecule has 2 N–H and O–H groups in total. The number of carbonyl (C=O) groups is 6. The van der Waals surface area contributed by atoms with Gasteiger partial charge in [0.2, 0.25) is 0 Å². The molecule has 0 bridgehead atoms. The molecule has 88 heavy (non-hydrogen) atoms. The highest BCUT2D eigenvalue weighted by molar-refractivity contribution is 5.77. The number of halogens is 2. The molecule has 14 nitrogen and oxygen atoms in total. The molecule has 0 aliphatic heterocycles. The summed E-state index contributed by atoms with van der Waals surface area (Å²) in [6, 6.07) is 0. The number of carbonyl (C=O) groups excluding carboxylic acids is 6. The summed E-state index contributed by atoms with van der Waals surface area (Å²) in [6.45, 7) is 9.86. The molecule has 0 aromatic rings. The lowest BCUT2D eigenvalue weighted by Crippen LogP contribution is -3.00. The molecule has 0 heterocycles. The molecule has 0 saturated carbocycles. The van der Waals surface area contributed by atoms with Gasteiger partial charge in [-0.3, -0.25) is 28.8 Å². The van der Waals surface area contributed by atoms with E-state index in [2.05, 4.69) is 38.3 Å². The van der Waals surface area contributed by atoms with Crippen LogP contribution in [0.3, 0.4) is 0 Å². The molecule has 0 rings (SSSR count). The second kappa shape index (κ2) is 67.2. The highest BCUT2D eigenvalue weighted by Crippen LogP contribution is 2.17. The van der Waals surface area contributed by atoms with Crippen molar-refractivity contribution in [3.05, 3.63) is 0 Å². The Morgan fingerprint density at radius 2 is 0.466 bits per heavy atom. The number of nitrogens with one attached hydrogen (secondary N) is 2. The van der Waals surface area contributed by atoms with Crippen molar-refractivity contribution in [3.63, 3.8) is 0 Å². The van der Waals surface area contributed by atoms with Crippen molar-refractivity contribution in [1.29, 1.82) is 0 Å². The number of ether oxygens (including phenoxy) is 4. The molecule has 524 valence electrons. The van der Waals surface area contributed by atoms with Crippen LogP contribution in [0.15, 0.2) is 0 Å². The Hall–Kier alpha value is -2.68. The van der Waals surface area contributed by atoms with Crippen molar-refractivity contribution in [3.8, 4) is 0 Å². The van der Waals surface area contributed by atoms with Gasteiger partial charge in [-0.25, -0.2) is 0 Å². The number of hydrogen-bond donors (Lipinski definition) is 2. The highest BCUT2D eigenvalue weighted by atomic mass is 35.5. The minimum Gasteiger partial charge on any atom is -1.00 e. The number of likely N-dealkylation sites (N-methyl/N-ethyl adjacent to an activating group) is 2. The third kappa shape index (κ3) is 74.1. The normalized spacial score (nSPS) is 11.9. The Morgan fingerprint density at radius 3 is 0.659 bits per heavy atom. The average Bonchev–Trinajstić information content (AvgIpc) is 3.53. The van der Waals surface area contributed by atoms with Gasteiger partial charge in [0, 0.05) is 25.7 Å². The van der Waals surface area contributed by atoms with Crippen molar-refractivity contribution < 1.29 is 81.5 Å². The number of amides is 2. The molecule has 0 aromatic carbocycles. The first-order valence-corrected chi connectivity index (χ1v) is 36.2. The van der Waals surface area contributed by atoms with E-state index in [9.17, 15) is 28.8 Å². The standard InChI is InChI=1S/C40H78N2O5.C32H62N2O5.2ClH/c1-6-8-10-12-14-16-18-20-22-24-26-28-30-32-39(44)46-36-37(34-41-38(43)35-42(3,4)5)47-40(45)33-31-29-27-25-23-21-19-17-15-13-11-9-7-2;1-6-8-10-12-14-16-18-20-22-24-31(36)38-28-29(26-33-30(35)27-34(3,4)5)39-32(37)25-23-21-19-17-15-13-11-9-7-2;;/h37H,6-36H2,1-5H3;29H,6-28H2,1-5H3;2*1H. The minimum absolute atomic E-state index is 0. The monoisotopic (exact) mass is 1290 g/mol. The lowest BCUT2D eigenvalue weighted by Gasteiger charge is -2.24. The van der Waals surface area contributed by atoms with Crippen LogP contribution in [0.1, 0.15) is 336 Å². The van der Waals surface area contributed by atoms with Gasteiger partial charge >= 0.3 is 23.9 Å². The van der Waals surface area contributed by atoms with Crippen LogP contribution < -0.4 is 35.4 Å². The molecule has 2 unspecified atom stereocenters. The van der Waals surface area contributed by atoms with Crippen molar-refractivity contribution >= 4 is 35.7 Å². The van der Waals surface area contributed by atoms with Gasteiger partial charge in [-0.15, -0.1) is 0 Å². The number of nitrogens with zero attached hydrogens (tertiary/aromatic N) is 2. The fourth-order valence-corrected chi connectivity index (χ4v) is 10.4. The number of unbranched alkanes of at least 4 members (excludes halogenated alkanes) is 40. The zero-order valence-corrected chi connectivity index (χ0v) is 60.6. The second-order valence-electron chi connectivity index (χ2n) is 27.2. The largest absolute Gasteiger partial charge is 1.00 e. The smallest absolute Gasteiger partial charge is 0.306 e. The molecule has 0 spiro atoms. The van der Waals surface area contributed by atoms with Crippen molar-refractivity contribution in [2.24, 2.45) is 0 Å². The Kier molecular flexibility index (Phi) is 70.1. The van der Waals surface area contributed by atoms with Crippen LogP contribution in [0.5, 0.6) is 0 Å². The van der Waals surface area contributed by atoms with E-state index in [0.717, 1.165) is 77.0 Å². The number of esters is 4. The predicted octanol–water partition coefficient (Wildman–Crippen LogP) is 11.3. The van der Waals surface area contributed by atoms with E-state index in [1.807, 2.05) is 42.3 Å². The molecule has 0 aliphatic carbocycles. The van der Waals surface area contributed by atoms with Crippen LogP contribution in [0, 0.1) is 0 Å². The fraction of sp³-hybridized carbons (Fsp3) is 0.917. The first-order valence-electron chi connectivity index (χ1n) is 36.2. The summed E-state index contributed by atoms with van der Waals surface area (Å²) in [5.74, 6) is -1.35. The van der Waals surface area contributed by atoms with Crippen LogP contribution >= 0.6 is 0 Å². The van der Waals surface area contributed by atoms with E-state index < -0.39 is 12.2 Å². The van der Waals surface area contributed by atoms with Crippen LogP contribution in [0.25, 0.3) is 0 Å². The maximum atomic E-state index is 12.6. The molecule has 2 atom stereocenters. The molecule has 0 fully saturated rings. The quantitative estimate of drug-likeness (QED) is 0.0259. The zero-order valence-electron chi connectivity index (χ0n) is 59.1. The lowest BCUT2D eigenvalue weighted by molar-refractivity contribution is -0.862. The predicted molar refractivity (Wildman–Crippen MR) is 358 cm³/mol. The minimum atomic E-state index is -0.670. The summed E-state index contributed by atoms with van der Waals surface area (Å²) in [5.41, 5.74) is 0. The van der Waals surface area contributed by atoms with Gasteiger partial charge in [0.15, 0.2) is 25.3 Å². The maximum absolute atomic E-state index is 12.6. The van der Waals surface area contributed by atoms with Gasteiger partial charge in [-0.2, -0.15) is 0 Å².